The molecule has 5 heteroatoms. The maximum absolute atomic E-state index is 5.55. The zero-order valence-corrected chi connectivity index (χ0v) is 13.2. The van der Waals surface area contributed by atoms with Crippen molar-refractivity contribution in [2.24, 2.45) is 0 Å². The zero-order chi connectivity index (χ0) is 13.5. The third-order valence-corrected chi connectivity index (χ3v) is 2.88. The third-order valence-electron chi connectivity index (χ3n) is 2.47. The molecule has 0 fully saturated rings. The van der Waals surface area contributed by atoms with Gasteiger partial charge in [-0.2, -0.15) is 0 Å². The van der Waals surface area contributed by atoms with Crippen LogP contribution in [-0.2, 0) is 11.2 Å². The summed E-state index contributed by atoms with van der Waals surface area (Å²) < 4.78 is 6.39. The van der Waals surface area contributed by atoms with Crippen molar-refractivity contribution in [2.45, 2.75) is 39.7 Å². The van der Waals surface area contributed by atoms with Crippen LogP contribution in [0.1, 0.15) is 33.0 Å². The molecule has 0 atom stereocenters. The van der Waals surface area contributed by atoms with Crippen LogP contribution in [0.25, 0.3) is 0 Å². The van der Waals surface area contributed by atoms with Gasteiger partial charge in [-0.05, 0) is 36.2 Å². The van der Waals surface area contributed by atoms with Gasteiger partial charge in [0, 0.05) is 26.1 Å². The highest BCUT2D eigenvalue weighted by Gasteiger charge is 2.07. The number of likely N-dealkylation sites (N-methyl/N-ethyl adjacent to an activating group) is 1. The van der Waals surface area contributed by atoms with Gasteiger partial charge in [0.25, 0.3) is 0 Å². The summed E-state index contributed by atoms with van der Waals surface area (Å²) >= 11 is 3.43. The van der Waals surface area contributed by atoms with Gasteiger partial charge in [0.05, 0.1) is 12.7 Å². The smallest absolute Gasteiger partial charge is 0.133 e. The first kappa shape index (κ1) is 15.4. The van der Waals surface area contributed by atoms with Gasteiger partial charge >= 0.3 is 0 Å². The van der Waals surface area contributed by atoms with E-state index in [0.717, 1.165) is 35.6 Å². The number of aryl methyl sites for hydroxylation is 1. The second-order valence-corrected chi connectivity index (χ2v) is 5.37. The predicted molar refractivity (Wildman–Crippen MR) is 78.1 cm³/mol. The summed E-state index contributed by atoms with van der Waals surface area (Å²) in [5.74, 6) is 1.83. The molecule has 1 aromatic heterocycles. The lowest BCUT2D eigenvalue weighted by molar-refractivity contribution is 0.0845. The van der Waals surface area contributed by atoms with Crippen LogP contribution in [0.3, 0.4) is 0 Å². The van der Waals surface area contributed by atoms with E-state index in [2.05, 4.69) is 37.7 Å². The number of halogens is 1. The molecule has 1 aromatic rings. The van der Waals surface area contributed by atoms with Crippen molar-refractivity contribution < 1.29 is 4.74 Å². The second-order valence-electron chi connectivity index (χ2n) is 4.56. The van der Waals surface area contributed by atoms with E-state index in [-0.39, 0.29) is 6.10 Å². The van der Waals surface area contributed by atoms with Gasteiger partial charge in [-0.15, -0.1) is 0 Å². The summed E-state index contributed by atoms with van der Waals surface area (Å²) in [6, 6.07) is 1.94. The minimum atomic E-state index is 0.270. The average molecular weight is 316 g/mol. The first-order chi connectivity index (χ1) is 8.52. The highest BCUT2D eigenvalue weighted by molar-refractivity contribution is 9.10. The van der Waals surface area contributed by atoms with Gasteiger partial charge in [-0.25, -0.2) is 9.97 Å². The topological polar surface area (TPSA) is 38.2 Å². The molecule has 0 unspecified atom stereocenters. The van der Waals surface area contributed by atoms with E-state index in [1.807, 2.05) is 27.0 Å². The van der Waals surface area contributed by atoms with E-state index in [1.165, 1.54) is 0 Å². The molecule has 0 aliphatic carbocycles. The third kappa shape index (κ3) is 5.31. The molecule has 18 heavy (non-hydrogen) atoms. The summed E-state index contributed by atoms with van der Waals surface area (Å²) in [6.45, 7) is 7.75. The summed E-state index contributed by atoms with van der Waals surface area (Å²) in [6.07, 6.45) is 2.23. The summed E-state index contributed by atoms with van der Waals surface area (Å²) in [5, 5.41) is 0. The molecule has 0 spiro atoms. The van der Waals surface area contributed by atoms with Crippen LogP contribution in [0.15, 0.2) is 10.7 Å². The Morgan fingerprint density at radius 1 is 1.39 bits per heavy atom. The lowest BCUT2D eigenvalue weighted by atomic mass is 10.3. The number of hydrogen-bond acceptors (Lipinski definition) is 4. The minimum absolute atomic E-state index is 0.270. The van der Waals surface area contributed by atoms with E-state index in [4.69, 9.17) is 4.74 Å². The van der Waals surface area contributed by atoms with Crippen LogP contribution in [0.5, 0.6) is 0 Å². The fraction of sp³-hybridized carbons (Fsp3) is 0.692. The highest BCUT2D eigenvalue weighted by Crippen LogP contribution is 2.16. The molecule has 102 valence electrons. The molecular weight excluding hydrogens is 294 g/mol. The van der Waals surface area contributed by atoms with Gasteiger partial charge in [0.2, 0.25) is 0 Å². The van der Waals surface area contributed by atoms with Crippen molar-refractivity contribution in [3.63, 3.8) is 0 Å². The van der Waals surface area contributed by atoms with Gasteiger partial charge in [-0.1, -0.05) is 6.92 Å². The summed E-state index contributed by atoms with van der Waals surface area (Å²) in [5.41, 5.74) is 0. The predicted octanol–water partition coefficient (Wildman–Crippen LogP) is 3.05. The van der Waals surface area contributed by atoms with E-state index in [1.54, 1.807) is 0 Å². The Balaban J connectivity index is 2.63. The fourth-order valence-corrected chi connectivity index (χ4v) is 1.93. The van der Waals surface area contributed by atoms with Crippen molar-refractivity contribution in [1.82, 2.24) is 9.97 Å². The maximum Gasteiger partial charge on any atom is 0.133 e. The number of hydrogen-bond donors (Lipinski definition) is 0. The lowest BCUT2D eigenvalue weighted by Gasteiger charge is -2.19. The molecule has 1 heterocycles. The average Bonchev–Trinajstić information content (AvgIpc) is 2.28. The molecule has 0 amide bonds. The highest BCUT2D eigenvalue weighted by atomic mass is 79.9. The maximum atomic E-state index is 5.55. The Hall–Kier alpha value is -0.680. The van der Waals surface area contributed by atoms with E-state index < -0.39 is 0 Å². The first-order valence-electron chi connectivity index (χ1n) is 6.39. The minimum Gasteiger partial charge on any atom is -0.377 e. The van der Waals surface area contributed by atoms with Crippen LogP contribution in [0.2, 0.25) is 0 Å². The summed E-state index contributed by atoms with van der Waals surface area (Å²) in [4.78, 5) is 11.0. The molecule has 0 bridgehead atoms. The van der Waals surface area contributed by atoms with Crippen molar-refractivity contribution in [3.8, 4) is 0 Å². The largest absolute Gasteiger partial charge is 0.377 e. The van der Waals surface area contributed by atoms with Crippen molar-refractivity contribution >= 4 is 21.7 Å². The molecule has 1 rings (SSSR count). The zero-order valence-electron chi connectivity index (χ0n) is 11.6. The van der Waals surface area contributed by atoms with Crippen LogP contribution in [-0.4, -0.2) is 36.3 Å². The molecule has 0 aliphatic rings. The Morgan fingerprint density at radius 3 is 2.72 bits per heavy atom. The molecule has 0 saturated carbocycles. The van der Waals surface area contributed by atoms with Crippen molar-refractivity contribution in [1.29, 1.82) is 0 Å². The normalized spacial score (nSPS) is 11.0. The Morgan fingerprint density at radius 2 is 2.11 bits per heavy atom. The second kappa shape index (κ2) is 7.69. The number of ether oxygens (including phenoxy) is 1. The van der Waals surface area contributed by atoms with E-state index in [9.17, 15) is 0 Å². The van der Waals surface area contributed by atoms with E-state index >= 15 is 0 Å². The summed E-state index contributed by atoms with van der Waals surface area (Å²) in [7, 11) is 2.02. The molecule has 0 radical (unpaired) electrons. The SMILES string of the molecule is CCCc1nc(Br)cc(N(C)CCOC(C)C)n1. The number of aromatic nitrogens is 2. The molecule has 0 aromatic carbocycles. The molecule has 0 aliphatic heterocycles. The quantitative estimate of drug-likeness (QED) is 0.725. The van der Waals surface area contributed by atoms with Crippen molar-refractivity contribution in [3.05, 3.63) is 16.5 Å². The fourth-order valence-electron chi connectivity index (χ4n) is 1.52. The Bertz CT molecular complexity index is 371. The van der Waals surface area contributed by atoms with Gasteiger partial charge in [-0.3, -0.25) is 0 Å². The number of anilines is 1. The number of rotatable bonds is 7. The molecule has 4 nitrogen and oxygen atoms in total. The first-order valence-corrected chi connectivity index (χ1v) is 7.18. The monoisotopic (exact) mass is 315 g/mol. The Labute approximate surface area is 118 Å². The Kier molecular flexibility index (Phi) is 6.57. The molecule has 0 saturated heterocycles. The molecule has 0 N–H and O–H groups in total. The lowest BCUT2D eigenvalue weighted by Crippen LogP contribution is -2.25. The van der Waals surface area contributed by atoms with Gasteiger partial charge in [0.15, 0.2) is 0 Å². The van der Waals surface area contributed by atoms with Crippen LogP contribution < -0.4 is 4.90 Å². The van der Waals surface area contributed by atoms with Crippen LogP contribution in [0, 0.1) is 0 Å². The van der Waals surface area contributed by atoms with Crippen LogP contribution in [0.4, 0.5) is 5.82 Å². The standard InChI is InChI=1S/C13H22BrN3O/c1-5-6-12-15-11(14)9-13(16-12)17(4)7-8-18-10(2)3/h9-10H,5-8H2,1-4H3. The van der Waals surface area contributed by atoms with Crippen LogP contribution >= 0.6 is 15.9 Å². The molecular formula is C13H22BrN3O. The van der Waals surface area contributed by atoms with Gasteiger partial charge in [0.1, 0.15) is 16.2 Å². The van der Waals surface area contributed by atoms with E-state index in [0.29, 0.717) is 6.61 Å². The van der Waals surface area contributed by atoms with Gasteiger partial charge < -0.3 is 9.64 Å². The van der Waals surface area contributed by atoms with Crippen molar-refractivity contribution in [2.75, 3.05) is 25.1 Å². The number of nitrogens with zero attached hydrogens (tertiary/aromatic N) is 3.